The quantitative estimate of drug-likeness (QED) is 0.843. The summed E-state index contributed by atoms with van der Waals surface area (Å²) in [4.78, 5) is 14.8. The molecule has 1 aliphatic heterocycles. The van der Waals surface area contributed by atoms with Gasteiger partial charge in [0.15, 0.2) is 0 Å². The highest BCUT2D eigenvalue weighted by molar-refractivity contribution is 5.87. The van der Waals surface area contributed by atoms with Crippen LogP contribution in [-0.4, -0.2) is 29.9 Å². The van der Waals surface area contributed by atoms with Crippen LogP contribution in [0.2, 0.25) is 0 Å². The van der Waals surface area contributed by atoms with Crippen LogP contribution in [0, 0.1) is 5.92 Å². The van der Waals surface area contributed by atoms with Crippen LogP contribution >= 0.6 is 12.4 Å². The highest BCUT2D eigenvalue weighted by Gasteiger charge is 2.42. The Morgan fingerprint density at radius 3 is 2.12 bits per heavy atom. The van der Waals surface area contributed by atoms with Gasteiger partial charge in [-0.05, 0) is 63.2 Å². The van der Waals surface area contributed by atoms with E-state index in [2.05, 4.69) is 49.9 Å². The number of piperidine rings is 1. The Morgan fingerprint density at radius 1 is 1.12 bits per heavy atom. The number of benzene rings is 1. The van der Waals surface area contributed by atoms with Gasteiger partial charge in [0.2, 0.25) is 5.91 Å². The van der Waals surface area contributed by atoms with Crippen LogP contribution in [0.5, 0.6) is 0 Å². The van der Waals surface area contributed by atoms with E-state index in [0.717, 1.165) is 25.1 Å². The summed E-state index contributed by atoms with van der Waals surface area (Å²) in [5.74, 6) is 0.405. The minimum atomic E-state index is -0.645. The molecule has 1 heterocycles. The van der Waals surface area contributed by atoms with Crippen molar-refractivity contribution in [1.29, 1.82) is 0 Å². The number of hydrogen-bond donors (Lipinski definition) is 1. The number of likely N-dealkylation sites (tertiary alicyclic amines) is 1. The summed E-state index contributed by atoms with van der Waals surface area (Å²) in [5.41, 5.74) is 7.58. The van der Waals surface area contributed by atoms with Crippen molar-refractivity contribution in [2.24, 2.45) is 11.7 Å². The maximum atomic E-state index is 12.4. The molecule has 1 aromatic rings. The summed E-state index contributed by atoms with van der Waals surface area (Å²) in [6.07, 6.45) is 4.79. The van der Waals surface area contributed by atoms with Crippen LogP contribution in [0.25, 0.3) is 0 Å². The molecule has 2 rings (SSSR count). The van der Waals surface area contributed by atoms with E-state index >= 15 is 0 Å². The Bertz CT molecular complexity index is 523. The van der Waals surface area contributed by atoms with Crippen molar-refractivity contribution in [3.8, 4) is 0 Å². The minimum absolute atomic E-state index is 0. The number of rotatable bonds is 6. The maximum Gasteiger partial charge on any atom is 0.229 e. The fourth-order valence-electron chi connectivity index (χ4n) is 3.72. The van der Waals surface area contributed by atoms with Crippen LogP contribution in [-0.2, 0) is 16.6 Å². The second-order valence-electron chi connectivity index (χ2n) is 7.63. The Hall–Kier alpha value is -1.06. The van der Waals surface area contributed by atoms with E-state index in [9.17, 15) is 4.79 Å². The van der Waals surface area contributed by atoms with Gasteiger partial charge in [0.1, 0.15) is 0 Å². The number of nitrogens with two attached hydrogens (primary N) is 1. The largest absolute Gasteiger partial charge is 0.369 e. The lowest BCUT2D eigenvalue weighted by molar-refractivity contribution is -0.125. The smallest absolute Gasteiger partial charge is 0.229 e. The molecule has 24 heavy (non-hydrogen) atoms. The fraction of sp³-hybridized carbons (Fsp3) is 0.650. The van der Waals surface area contributed by atoms with E-state index in [1.54, 1.807) is 0 Å². The average molecular weight is 353 g/mol. The summed E-state index contributed by atoms with van der Waals surface area (Å²) >= 11 is 0. The van der Waals surface area contributed by atoms with Crippen LogP contribution in [0.1, 0.15) is 58.1 Å². The van der Waals surface area contributed by atoms with Crippen molar-refractivity contribution in [2.75, 3.05) is 13.1 Å². The van der Waals surface area contributed by atoms with E-state index in [4.69, 9.17) is 5.73 Å². The van der Waals surface area contributed by atoms with Crippen molar-refractivity contribution in [3.63, 3.8) is 0 Å². The van der Waals surface area contributed by atoms with Gasteiger partial charge in [-0.25, -0.2) is 0 Å². The summed E-state index contributed by atoms with van der Waals surface area (Å²) in [6.45, 7) is 10.7. The molecule has 1 aliphatic rings. The van der Waals surface area contributed by atoms with E-state index in [0.29, 0.717) is 5.92 Å². The van der Waals surface area contributed by atoms with E-state index in [-0.39, 0.29) is 24.4 Å². The summed E-state index contributed by atoms with van der Waals surface area (Å²) in [5, 5.41) is 0. The van der Waals surface area contributed by atoms with Gasteiger partial charge in [0, 0.05) is 6.04 Å². The number of halogens is 1. The molecule has 2 N–H and O–H groups in total. The Morgan fingerprint density at radius 2 is 1.67 bits per heavy atom. The lowest BCUT2D eigenvalue weighted by Crippen LogP contribution is -2.55. The summed E-state index contributed by atoms with van der Waals surface area (Å²) in [6, 6.07) is 8.63. The molecule has 0 bridgehead atoms. The first kappa shape index (κ1) is 21.0. The number of carbonyl (C=O) groups is 1. The van der Waals surface area contributed by atoms with Gasteiger partial charge in [-0.1, -0.05) is 44.5 Å². The number of hydrogen-bond acceptors (Lipinski definition) is 2. The molecule has 2 unspecified atom stereocenters. The minimum Gasteiger partial charge on any atom is -0.369 e. The molecular formula is C20H33ClN2O. The van der Waals surface area contributed by atoms with Gasteiger partial charge in [0.05, 0.1) is 5.41 Å². The number of primary amides is 1. The van der Waals surface area contributed by atoms with Gasteiger partial charge >= 0.3 is 0 Å². The van der Waals surface area contributed by atoms with E-state index < -0.39 is 5.41 Å². The molecule has 1 aromatic carbocycles. The zero-order chi connectivity index (χ0) is 17.0. The maximum absolute atomic E-state index is 12.4. The SMILES string of the molecule is CC(C)Cc1ccc(C(C)(C(N)=O)C(C)N2CCCCC2)cc1.Cl. The average Bonchev–Trinajstić information content (AvgIpc) is 2.54. The van der Waals surface area contributed by atoms with Gasteiger partial charge in [-0.2, -0.15) is 0 Å². The Balaban J connectivity index is 0.00000288. The number of nitrogens with zero attached hydrogens (tertiary/aromatic N) is 1. The second kappa shape index (κ2) is 8.87. The van der Waals surface area contributed by atoms with Crippen LogP contribution in [0.15, 0.2) is 24.3 Å². The third-order valence-electron chi connectivity index (χ3n) is 5.48. The first-order valence-electron chi connectivity index (χ1n) is 8.99. The Labute approximate surface area is 153 Å². The van der Waals surface area contributed by atoms with Gasteiger partial charge < -0.3 is 5.73 Å². The zero-order valence-electron chi connectivity index (χ0n) is 15.5. The molecular weight excluding hydrogens is 320 g/mol. The predicted octanol–water partition coefficient (Wildman–Crippen LogP) is 3.92. The molecule has 1 saturated heterocycles. The standard InChI is InChI=1S/C20H32N2O.ClH/c1-15(2)14-17-8-10-18(11-9-17)20(4,19(21)23)16(3)22-12-6-5-7-13-22;/h8-11,15-16H,5-7,12-14H2,1-4H3,(H2,21,23);1H. The second-order valence-corrected chi connectivity index (χ2v) is 7.63. The zero-order valence-corrected chi connectivity index (χ0v) is 16.4. The third-order valence-corrected chi connectivity index (χ3v) is 5.48. The highest BCUT2D eigenvalue weighted by Crippen LogP contribution is 2.32. The predicted molar refractivity (Wildman–Crippen MR) is 104 cm³/mol. The third kappa shape index (κ3) is 4.52. The van der Waals surface area contributed by atoms with Crippen molar-refractivity contribution >= 4 is 18.3 Å². The van der Waals surface area contributed by atoms with Crippen molar-refractivity contribution in [3.05, 3.63) is 35.4 Å². The topological polar surface area (TPSA) is 46.3 Å². The fourth-order valence-corrected chi connectivity index (χ4v) is 3.72. The van der Waals surface area contributed by atoms with E-state index in [1.807, 2.05) is 6.92 Å². The van der Waals surface area contributed by atoms with Gasteiger partial charge in [-0.3, -0.25) is 9.69 Å². The van der Waals surface area contributed by atoms with Crippen LogP contribution in [0.4, 0.5) is 0 Å². The van der Waals surface area contributed by atoms with Crippen molar-refractivity contribution in [1.82, 2.24) is 4.90 Å². The number of amides is 1. The van der Waals surface area contributed by atoms with E-state index in [1.165, 1.54) is 24.8 Å². The molecule has 1 amide bonds. The molecule has 0 saturated carbocycles. The first-order chi connectivity index (χ1) is 10.9. The van der Waals surface area contributed by atoms with Crippen molar-refractivity contribution in [2.45, 2.75) is 64.8 Å². The normalized spacial score (nSPS) is 19.4. The lowest BCUT2D eigenvalue weighted by atomic mass is 9.74. The first-order valence-corrected chi connectivity index (χ1v) is 8.99. The molecule has 3 nitrogen and oxygen atoms in total. The lowest BCUT2D eigenvalue weighted by Gasteiger charge is -2.42. The molecule has 0 radical (unpaired) electrons. The highest BCUT2D eigenvalue weighted by atomic mass is 35.5. The Kier molecular flexibility index (Phi) is 7.75. The summed E-state index contributed by atoms with van der Waals surface area (Å²) in [7, 11) is 0. The van der Waals surface area contributed by atoms with Gasteiger partial charge in [0.25, 0.3) is 0 Å². The molecule has 4 heteroatoms. The molecule has 2 atom stereocenters. The van der Waals surface area contributed by atoms with Crippen LogP contribution < -0.4 is 5.73 Å². The monoisotopic (exact) mass is 352 g/mol. The molecule has 0 aromatic heterocycles. The molecule has 136 valence electrons. The van der Waals surface area contributed by atoms with Crippen molar-refractivity contribution < 1.29 is 4.79 Å². The number of carbonyl (C=O) groups excluding carboxylic acids is 1. The molecule has 0 aliphatic carbocycles. The molecule has 0 spiro atoms. The van der Waals surface area contributed by atoms with Gasteiger partial charge in [-0.15, -0.1) is 12.4 Å². The van der Waals surface area contributed by atoms with Crippen LogP contribution in [0.3, 0.4) is 0 Å². The molecule has 1 fully saturated rings. The summed E-state index contributed by atoms with van der Waals surface area (Å²) < 4.78 is 0.